The Bertz CT molecular complexity index is 2630. The first-order valence-corrected chi connectivity index (χ1v) is 17.2. The molecule has 4 nitrogen and oxygen atoms in total. The summed E-state index contributed by atoms with van der Waals surface area (Å²) in [6.07, 6.45) is 0.633. The normalized spacial score (nSPS) is 14.9. The second-order valence-corrected chi connectivity index (χ2v) is 13.0. The van der Waals surface area contributed by atoms with Gasteiger partial charge >= 0.3 is 0 Å². The number of benzene rings is 7. The molecule has 1 atom stereocenters. The quantitative estimate of drug-likeness (QED) is 0.200. The van der Waals surface area contributed by atoms with E-state index >= 15 is 0 Å². The van der Waals surface area contributed by atoms with Crippen LogP contribution in [0, 0.1) is 0 Å². The van der Waals surface area contributed by atoms with Crippen molar-refractivity contribution in [2.24, 2.45) is 9.98 Å². The van der Waals surface area contributed by atoms with Gasteiger partial charge in [0.15, 0.2) is 5.84 Å². The lowest BCUT2D eigenvalue weighted by molar-refractivity contribution is 0.674. The van der Waals surface area contributed by atoms with E-state index in [0.717, 1.165) is 34.8 Å². The van der Waals surface area contributed by atoms with E-state index in [4.69, 9.17) is 9.98 Å². The van der Waals surface area contributed by atoms with Gasteiger partial charge in [-0.2, -0.15) is 0 Å². The predicted molar refractivity (Wildman–Crippen MR) is 206 cm³/mol. The van der Waals surface area contributed by atoms with E-state index in [1.165, 1.54) is 60.9 Å². The SMILES string of the molecule is c1ccc(C2=NC(c3ccc4c(c3)Cc3cccc(-n5c6ccccc6c6c(-c7ccccc7)cccc65)c3-4)=NC(c3ccccc3)N2)cc1. The van der Waals surface area contributed by atoms with Crippen LogP contribution in [0.2, 0.25) is 0 Å². The number of fused-ring (bicyclic) bond motifs is 6. The van der Waals surface area contributed by atoms with Crippen molar-refractivity contribution in [3.05, 3.63) is 198 Å². The second kappa shape index (κ2) is 11.6. The number of para-hydroxylation sites is 1. The molecule has 0 amide bonds. The van der Waals surface area contributed by atoms with Gasteiger partial charge in [0.1, 0.15) is 12.0 Å². The maximum absolute atomic E-state index is 5.15. The molecule has 50 heavy (non-hydrogen) atoms. The van der Waals surface area contributed by atoms with Crippen LogP contribution in [0.3, 0.4) is 0 Å². The van der Waals surface area contributed by atoms with Gasteiger partial charge in [-0.05, 0) is 64.1 Å². The maximum atomic E-state index is 5.15. The topological polar surface area (TPSA) is 41.7 Å². The third kappa shape index (κ3) is 4.61. The van der Waals surface area contributed by atoms with E-state index in [2.05, 4.69) is 155 Å². The lowest BCUT2D eigenvalue weighted by Crippen LogP contribution is -2.33. The Balaban J connectivity index is 1.12. The van der Waals surface area contributed by atoms with Gasteiger partial charge in [-0.15, -0.1) is 0 Å². The van der Waals surface area contributed by atoms with Gasteiger partial charge in [0.2, 0.25) is 0 Å². The van der Waals surface area contributed by atoms with Crippen molar-refractivity contribution >= 4 is 33.5 Å². The Morgan fingerprint density at radius 2 is 1.24 bits per heavy atom. The molecular formula is C46H32N4. The molecule has 236 valence electrons. The van der Waals surface area contributed by atoms with E-state index in [9.17, 15) is 0 Å². The Labute approximate surface area is 290 Å². The molecule has 0 bridgehead atoms. The number of rotatable bonds is 5. The van der Waals surface area contributed by atoms with Gasteiger partial charge < -0.3 is 9.88 Å². The first kappa shape index (κ1) is 28.5. The van der Waals surface area contributed by atoms with Crippen LogP contribution in [-0.2, 0) is 6.42 Å². The van der Waals surface area contributed by atoms with Crippen LogP contribution in [0.25, 0.3) is 49.7 Å². The van der Waals surface area contributed by atoms with Gasteiger partial charge in [0.25, 0.3) is 0 Å². The van der Waals surface area contributed by atoms with Crippen molar-refractivity contribution in [2.45, 2.75) is 12.6 Å². The summed E-state index contributed by atoms with van der Waals surface area (Å²) in [5.74, 6) is 1.57. The number of aliphatic imine (C=N–C) groups is 2. The smallest absolute Gasteiger partial charge is 0.159 e. The molecule has 1 aliphatic carbocycles. The largest absolute Gasteiger partial charge is 0.344 e. The number of amidine groups is 2. The molecule has 1 aliphatic heterocycles. The fraction of sp³-hybridized carbons (Fsp3) is 0.0435. The van der Waals surface area contributed by atoms with Gasteiger partial charge in [-0.1, -0.05) is 146 Å². The molecule has 2 heterocycles. The molecule has 0 saturated carbocycles. The van der Waals surface area contributed by atoms with E-state index < -0.39 is 0 Å². The molecular weight excluding hydrogens is 609 g/mol. The number of hydrogen-bond donors (Lipinski definition) is 1. The monoisotopic (exact) mass is 640 g/mol. The number of hydrogen-bond acceptors (Lipinski definition) is 3. The summed E-state index contributed by atoms with van der Waals surface area (Å²) >= 11 is 0. The van der Waals surface area contributed by atoms with Crippen molar-refractivity contribution in [3.63, 3.8) is 0 Å². The van der Waals surface area contributed by atoms with Crippen molar-refractivity contribution in [1.82, 2.24) is 9.88 Å². The Morgan fingerprint density at radius 3 is 2.06 bits per heavy atom. The third-order valence-corrected chi connectivity index (χ3v) is 10.1. The average Bonchev–Trinajstić information content (AvgIpc) is 3.74. The highest BCUT2D eigenvalue weighted by Gasteiger charge is 2.27. The van der Waals surface area contributed by atoms with Gasteiger partial charge in [-0.25, -0.2) is 9.98 Å². The molecule has 1 N–H and O–H groups in total. The summed E-state index contributed by atoms with van der Waals surface area (Å²) in [4.78, 5) is 10.2. The average molecular weight is 641 g/mol. The minimum atomic E-state index is -0.230. The van der Waals surface area contributed by atoms with Crippen LogP contribution in [0.1, 0.15) is 34.0 Å². The zero-order chi connectivity index (χ0) is 33.0. The first-order valence-electron chi connectivity index (χ1n) is 17.2. The summed E-state index contributed by atoms with van der Waals surface area (Å²) in [6, 6.07) is 60.5. The lowest BCUT2D eigenvalue weighted by Gasteiger charge is -2.23. The summed E-state index contributed by atoms with van der Waals surface area (Å²) in [5, 5.41) is 6.12. The van der Waals surface area contributed by atoms with Crippen molar-refractivity contribution in [2.75, 3.05) is 0 Å². The van der Waals surface area contributed by atoms with E-state index in [1.54, 1.807) is 0 Å². The van der Waals surface area contributed by atoms with E-state index in [-0.39, 0.29) is 6.17 Å². The zero-order valence-corrected chi connectivity index (χ0v) is 27.3. The summed E-state index contributed by atoms with van der Waals surface area (Å²) in [5.41, 5.74) is 14.5. The van der Waals surface area contributed by atoms with Crippen molar-refractivity contribution in [3.8, 4) is 27.9 Å². The highest BCUT2D eigenvalue weighted by atomic mass is 15.2. The molecule has 4 heteroatoms. The minimum absolute atomic E-state index is 0.230. The minimum Gasteiger partial charge on any atom is -0.344 e. The Kier molecular flexibility index (Phi) is 6.59. The van der Waals surface area contributed by atoms with Crippen LogP contribution in [-0.4, -0.2) is 16.2 Å². The van der Waals surface area contributed by atoms with Crippen LogP contribution >= 0.6 is 0 Å². The zero-order valence-electron chi connectivity index (χ0n) is 27.3. The summed E-state index contributed by atoms with van der Waals surface area (Å²) < 4.78 is 2.47. The number of nitrogens with zero attached hydrogens (tertiary/aromatic N) is 3. The maximum Gasteiger partial charge on any atom is 0.159 e. The lowest BCUT2D eigenvalue weighted by atomic mass is 9.99. The molecule has 7 aromatic carbocycles. The highest BCUT2D eigenvalue weighted by Crippen LogP contribution is 2.45. The molecule has 0 fully saturated rings. The summed E-state index contributed by atoms with van der Waals surface area (Å²) in [7, 11) is 0. The predicted octanol–water partition coefficient (Wildman–Crippen LogP) is 10.5. The highest BCUT2D eigenvalue weighted by molar-refractivity contribution is 6.16. The first-order chi connectivity index (χ1) is 24.8. The molecule has 2 aliphatic rings. The molecule has 8 aromatic rings. The van der Waals surface area contributed by atoms with Crippen LogP contribution < -0.4 is 5.32 Å². The van der Waals surface area contributed by atoms with Crippen molar-refractivity contribution in [1.29, 1.82) is 0 Å². The molecule has 0 saturated heterocycles. The molecule has 1 unspecified atom stereocenters. The van der Waals surface area contributed by atoms with Crippen LogP contribution in [0.4, 0.5) is 0 Å². The van der Waals surface area contributed by atoms with Gasteiger partial charge in [0, 0.05) is 27.5 Å². The molecule has 0 radical (unpaired) electrons. The van der Waals surface area contributed by atoms with Gasteiger partial charge in [-0.3, -0.25) is 0 Å². The number of nitrogens with one attached hydrogen (secondary N) is 1. The van der Waals surface area contributed by atoms with E-state index in [0.29, 0.717) is 0 Å². The van der Waals surface area contributed by atoms with Crippen LogP contribution in [0.5, 0.6) is 0 Å². The Morgan fingerprint density at radius 1 is 0.540 bits per heavy atom. The summed E-state index contributed by atoms with van der Waals surface area (Å²) in [6.45, 7) is 0. The fourth-order valence-electron chi connectivity index (χ4n) is 7.82. The van der Waals surface area contributed by atoms with Crippen LogP contribution in [0.15, 0.2) is 180 Å². The standard InChI is InChI=1S/C46H32N4/c1-4-14-30(15-5-1)36-22-13-25-41-43(36)38-21-10-11-23-39(38)50(41)40-24-12-20-33-28-35-29-34(26-27-37(35)42(33)40)46-48-44(31-16-6-2-7-17-31)47-45(49-46)32-18-8-3-9-19-32/h1-27,29,44H,28H2,(H,47,48,49). The number of aromatic nitrogens is 1. The molecule has 0 spiro atoms. The molecule has 1 aromatic heterocycles. The second-order valence-electron chi connectivity index (χ2n) is 13.0. The molecule has 10 rings (SSSR count). The third-order valence-electron chi connectivity index (χ3n) is 10.1. The van der Waals surface area contributed by atoms with Crippen molar-refractivity contribution < 1.29 is 0 Å². The Hall–Kier alpha value is -6.52. The van der Waals surface area contributed by atoms with E-state index in [1.807, 2.05) is 24.3 Å². The van der Waals surface area contributed by atoms with Gasteiger partial charge in [0.05, 0.1) is 16.7 Å². The fourth-order valence-corrected chi connectivity index (χ4v) is 7.82.